The van der Waals surface area contributed by atoms with Gasteiger partial charge in [0.25, 0.3) is 0 Å². The number of hydrogen-bond donors (Lipinski definition) is 0. The molecule has 336 valence electrons. The van der Waals surface area contributed by atoms with Crippen molar-refractivity contribution in [1.29, 1.82) is 0 Å². The molecular weight excluding hydrogens is 769 g/mol. The van der Waals surface area contributed by atoms with Crippen LogP contribution in [0.1, 0.15) is 203 Å². The van der Waals surface area contributed by atoms with Crippen LogP contribution in [0, 0.1) is 0 Å². The van der Waals surface area contributed by atoms with Gasteiger partial charge in [-0.25, -0.2) is 0 Å². The molecule has 8 rings (SSSR count). The molecule has 0 aromatic heterocycles. The van der Waals surface area contributed by atoms with E-state index in [4.69, 9.17) is 0 Å². The first-order valence-electron chi connectivity index (χ1n) is 24.5. The van der Waals surface area contributed by atoms with Gasteiger partial charge >= 0.3 is 0 Å². The quantitative estimate of drug-likeness (QED) is 0.134. The Morgan fingerprint density at radius 3 is 0.938 bits per heavy atom. The molecule has 0 saturated carbocycles. The molecular formula is C64H80. The van der Waals surface area contributed by atoms with E-state index in [1.807, 2.05) is 0 Å². The Balaban J connectivity index is 0.000000163. The van der Waals surface area contributed by atoms with Gasteiger partial charge in [0.2, 0.25) is 0 Å². The zero-order chi connectivity index (χ0) is 46.8. The first kappa shape index (κ1) is 49.8. The van der Waals surface area contributed by atoms with Gasteiger partial charge in [-0.15, -0.1) is 0 Å². The lowest BCUT2D eigenvalue weighted by atomic mass is 9.86. The molecule has 0 N–H and O–H groups in total. The maximum absolute atomic E-state index is 2.41. The number of fused-ring (bicyclic) bond motifs is 5. The Labute approximate surface area is 389 Å². The lowest BCUT2D eigenvalue weighted by Crippen LogP contribution is -1.99. The van der Waals surface area contributed by atoms with Gasteiger partial charge in [0.1, 0.15) is 0 Å². The summed E-state index contributed by atoms with van der Waals surface area (Å²) >= 11 is 0. The van der Waals surface area contributed by atoms with Crippen molar-refractivity contribution in [2.75, 3.05) is 0 Å². The highest BCUT2D eigenvalue weighted by Gasteiger charge is 2.15. The van der Waals surface area contributed by atoms with Gasteiger partial charge in [0, 0.05) is 0 Å². The normalized spacial score (nSPS) is 11.6. The van der Waals surface area contributed by atoms with E-state index in [2.05, 4.69) is 256 Å². The van der Waals surface area contributed by atoms with E-state index in [-0.39, 0.29) is 0 Å². The molecule has 0 unspecified atom stereocenters. The van der Waals surface area contributed by atoms with E-state index in [0.29, 0.717) is 47.3 Å². The minimum Gasteiger partial charge on any atom is -0.0620 e. The predicted octanol–water partition coefficient (Wildman–Crippen LogP) is 20.3. The third-order valence-electron chi connectivity index (χ3n) is 12.8. The van der Waals surface area contributed by atoms with E-state index in [1.54, 1.807) is 0 Å². The van der Waals surface area contributed by atoms with Crippen molar-refractivity contribution < 1.29 is 0 Å². The molecule has 0 fully saturated rings. The highest BCUT2D eigenvalue weighted by Crippen LogP contribution is 2.36. The number of rotatable bonds is 8. The summed E-state index contributed by atoms with van der Waals surface area (Å²) in [5, 5.41) is 10.9. The van der Waals surface area contributed by atoms with Crippen LogP contribution in [0.2, 0.25) is 0 Å². The van der Waals surface area contributed by atoms with Crippen LogP contribution < -0.4 is 0 Å². The molecule has 0 heterocycles. The van der Waals surface area contributed by atoms with E-state index in [9.17, 15) is 0 Å². The largest absolute Gasteiger partial charge is 0.0620 e. The summed E-state index contributed by atoms with van der Waals surface area (Å²) < 4.78 is 0. The number of benzene rings is 8. The molecule has 0 radical (unpaired) electrons. The fourth-order valence-electron chi connectivity index (χ4n) is 9.39. The molecule has 0 aliphatic rings. The molecule has 0 aliphatic heterocycles. The van der Waals surface area contributed by atoms with Crippen LogP contribution >= 0.6 is 0 Å². The van der Waals surface area contributed by atoms with Gasteiger partial charge in [-0.2, -0.15) is 0 Å². The Hall–Kier alpha value is -5.20. The monoisotopic (exact) mass is 849 g/mol. The molecule has 0 bridgehead atoms. The van der Waals surface area contributed by atoms with Crippen LogP contribution in [0.3, 0.4) is 0 Å². The molecule has 0 spiro atoms. The van der Waals surface area contributed by atoms with Crippen molar-refractivity contribution in [1.82, 2.24) is 0 Å². The van der Waals surface area contributed by atoms with Crippen molar-refractivity contribution in [2.24, 2.45) is 0 Å². The Bertz CT molecular complexity index is 2640. The van der Waals surface area contributed by atoms with Gasteiger partial charge in [-0.3, -0.25) is 0 Å². The summed E-state index contributed by atoms with van der Waals surface area (Å²) in [6, 6.07) is 53.3. The van der Waals surface area contributed by atoms with Crippen LogP contribution in [0.25, 0.3) is 43.1 Å². The first-order chi connectivity index (χ1) is 30.4. The standard InChI is InChI=1S/C20H22.2C16H20.C12H18/c1-13(2)18-11-16-10-9-15-7-5-6-8-17(15)20(16)12-19(18)14(3)4;1-11(2)15-9-13-7-5-6-8-14(13)10-16(15)12(3)4;1-11(2)14-10-9-13-7-5-6-8-15(13)16(14)12(3)4;1-9(2)11-7-5-6-8-12(11)10(3)4/h5-14H,1-4H3;2*5-12H,1-4H3;5-10H,1-4H3. The first-order valence-corrected chi connectivity index (χ1v) is 24.5. The minimum atomic E-state index is 0.566. The van der Waals surface area contributed by atoms with Gasteiger partial charge < -0.3 is 0 Å². The van der Waals surface area contributed by atoms with E-state index in [1.165, 1.54) is 87.6 Å². The SMILES string of the molecule is CC(C)c1cc2ccc3ccccc3c2cc1C(C)C.CC(C)c1cc2ccccc2cc1C(C)C.CC(C)c1ccc2ccccc2c1C(C)C.CC(C)c1ccccc1C(C)C. The lowest BCUT2D eigenvalue weighted by molar-refractivity contribution is 0.790. The smallest absolute Gasteiger partial charge is 0.0102 e. The fraction of sp³-hybridized carbons (Fsp3) is 0.375. The summed E-state index contributed by atoms with van der Waals surface area (Å²) in [4.78, 5) is 0. The van der Waals surface area contributed by atoms with E-state index < -0.39 is 0 Å². The zero-order valence-corrected chi connectivity index (χ0v) is 42.5. The average molecular weight is 849 g/mol. The second-order valence-electron chi connectivity index (χ2n) is 20.5. The van der Waals surface area contributed by atoms with Crippen LogP contribution in [0.5, 0.6) is 0 Å². The molecule has 0 saturated heterocycles. The van der Waals surface area contributed by atoms with Crippen LogP contribution in [0.4, 0.5) is 0 Å². The van der Waals surface area contributed by atoms with Crippen LogP contribution in [-0.2, 0) is 0 Å². The molecule has 8 aromatic carbocycles. The topological polar surface area (TPSA) is 0 Å². The molecule has 0 atom stereocenters. The molecule has 0 heteroatoms. The summed E-state index contributed by atoms with van der Waals surface area (Å²) in [6.45, 7) is 36.4. The Kier molecular flexibility index (Phi) is 17.6. The van der Waals surface area contributed by atoms with Crippen molar-refractivity contribution in [3.8, 4) is 0 Å². The van der Waals surface area contributed by atoms with Gasteiger partial charge in [-0.1, -0.05) is 250 Å². The highest BCUT2D eigenvalue weighted by molar-refractivity contribution is 6.08. The molecule has 0 aliphatic carbocycles. The second kappa shape index (κ2) is 22.6. The third kappa shape index (κ3) is 12.1. The zero-order valence-electron chi connectivity index (χ0n) is 42.5. The summed E-state index contributed by atoms with van der Waals surface area (Å²) in [7, 11) is 0. The third-order valence-corrected chi connectivity index (χ3v) is 12.8. The van der Waals surface area contributed by atoms with Gasteiger partial charge in [-0.05, 0) is 141 Å². The van der Waals surface area contributed by atoms with Crippen molar-refractivity contribution in [3.05, 3.63) is 190 Å². The van der Waals surface area contributed by atoms with Crippen molar-refractivity contribution >= 4 is 43.1 Å². The number of hydrogen-bond acceptors (Lipinski definition) is 0. The molecule has 0 nitrogen and oxygen atoms in total. The average Bonchev–Trinajstić information content (AvgIpc) is 3.28. The molecule has 8 aromatic rings. The minimum absolute atomic E-state index is 0.566. The molecule has 0 amide bonds. The summed E-state index contributed by atoms with van der Waals surface area (Å²) in [5.41, 5.74) is 12.0. The fourth-order valence-corrected chi connectivity index (χ4v) is 9.39. The summed E-state index contributed by atoms with van der Waals surface area (Å²) in [5.74, 6) is 4.81. The predicted molar refractivity (Wildman–Crippen MR) is 289 cm³/mol. The Morgan fingerprint density at radius 2 is 0.516 bits per heavy atom. The van der Waals surface area contributed by atoms with E-state index in [0.717, 1.165) is 0 Å². The Morgan fingerprint density at radius 1 is 0.203 bits per heavy atom. The maximum Gasteiger partial charge on any atom is -0.0102 e. The van der Waals surface area contributed by atoms with Crippen molar-refractivity contribution in [2.45, 2.75) is 158 Å². The van der Waals surface area contributed by atoms with Gasteiger partial charge in [0.05, 0.1) is 0 Å². The van der Waals surface area contributed by atoms with E-state index >= 15 is 0 Å². The van der Waals surface area contributed by atoms with Gasteiger partial charge in [0.15, 0.2) is 0 Å². The maximum atomic E-state index is 2.41. The highest BCUT2D eigenvalue weighted by atomic mass is 14.2. The van der Waals surface area contributed by atoms with Crippen molar-refractivity contribution in [3.63, 3.8) is 0 Å². The lowest BCUT2D eigenvalue weighted by Gasteiger charge is -2.18. The molecule has 64 heavy (non-hydrogen) atoms. The van der Waals surface area contributed by atoms with Crippen LogP contribution in [0.15, 0.2) is 146 Å². The second-order valence-corrected chi connectivity index (χ2v) is 20.5. The van der Waals surface area contributed by atoms with Crippen LogP contribution in [-0.4, -0.2) is 0 Å². The summed E-state index contributed by atoms with van der Waals surface area (Å²) in [6.07, 6.45) is 0.